The molecule has 0 spiro atoms. The molecule has 0 atom stereocenters. The van der Waals surface area contributed by atoms with E-state index in [1.54, 1.807) is 12.1 Å². The van der Waals surface area contributed by atoms with Crippen molar-refractivity contribution in [2.75, 3.05) is 16.8 Å². The van der Waals surface area contributed by atoms with Gasteiger partial charge in [0, 0.05) is 10.6 Å². The van der Waals surface area contributed by atoms with Gasteiger partial charge in [0.15, 0.2) is 0 Å². The average molecular weight is 341 g/mol. The molecule has 0 heterocycles. The maximum atomic E-state index is 12.0. The number of halogens is 2. The molecule has 0 unspecified atom stereocenters. The first kappa shape index (κ1) is 16.0. The SMILES string of the molecule is Cc1ccc(Cl)c(NC(=O)CSc2cccc(N)c2)c1Cl. The van der Waals surface area contributed by atoms with E-state index in [0.717, 1.165) is 10.5 Å². The summed E-state index contributed by atoms with van der Waals surface area (Å²) in [4.78, 5) is 12.9. The Morgan fingerprint density at radius 1 is 1.29 bits per heavy atom. The first-order valence-electron chi connectivity index (χ1n) is 6.20. The molecule has 0 radical (unpaired) electrons. The van der Waals surface area contributed by atoms with E-state index in [0.29, 0.717) is 21.4 Å². The van der Waals surface area contributed by atoms with E-state index in [2.05, 4.69) is 5.32 Å². The molecule has 0 aromatic heterocycles. The summed E-state index contributed by atoms with van der Waals surface area (Å²) in [7, 11) is 0. The molecule has 110 valence electrons. The minimum absolute atomic E-state index is 0.170. The number of nitrogen functional groups attached to an aromatic ring is 1. The van der Waals surface area contributed by atoms with Crippen LogP contribution in [0.4, 0.5) is 11.4 Å². The van der Waals surface area contributed by atoms with Crippen LogP contribution in [0.2, 0.25) is 10.0 Å². The molecule has 2 rings (SSSR count). The minimum atomic E-state index is -0.170. The summed E-state index contributed by atoms with van der Waals surface area (Å²) < 4.78 is 0. The lowest BCUT2D eigenvalue weighted by molar-refractivity contribution is -0.113. The summed E-state index contributed by atoms with van der Waals surface area (Å²) in [5.74, 6) is 0.0844. The first-order chi connectivity index (χ1) is 9.97. The normalized spacial score (nSPS) is 10.4. The molecule has 0 fully saturated rings. The highest BCUT2D eigenvalue weighted by Gasteiger charge is 2.12. The second-order valence-corrected chi connectivity index (χ2v) is 6.30. The molecule has 3 nitrogen and oxygen atoms in total. The smallest absolute Gasteiger partial charge is 0.234 e. The second-order valence-electron chi connectivity index (χ2n) is 4.46. The van der Waals surface area contributed by atoms with Gasteiger partial charge < -0.3 is 11.1 Å². The summed E-state index contributed by atoms with van der Waals surface area (Å²) in [6, 6.07) is 10.9. The summed E-state index contributed by atoms with van der Waals surface area (Å²) in [5, 5.41) is 3.64. The number of amides is 1. The fourth-order valence-corrected chi connectivity index (χ4v) is 2.93. The topological polar surface area (TPSA) is 55.1 Å². The number of anilines is 2. The number of benzene rings is 2. The van der Waals surface area contributed by atoms with Crippen molar-refractivity contribution in [3.63, 3.8) is 0 Å². The van der Waals surface area contributed by atoms with Gasteiger partial charge in [0.1, 0.15) is 0 Å². The fraction of sp³-hybridized carbons (Fsp3) is 0.133. The van der Waals surface area contributed by atoms with E-state index in [1.807, 2.05) is 31.2 Å². The van der Waals surface area contributed by atoms with Crippen LogP contribution in [0.3, 0.4) is 0 Å². The molecule has 0 bridgehead atoms. The molecule has 2 aromatic carbocycles. The van der Waals surface area contributed by atoms with Crippen molar-refractivity contribution in [3.05, 3.63) is 52.0 Å². The van der Waals surface area contributed by atoms with Crippen LogP contribution >= 0.6 is 35.0 Å². The molecule has 0 aliphatic heterocycles. The van der Waals surface area contributed by atoms with Crippen LogP contribution in [0.25, 0.3) is 0 Å². The van der Waals surface area contributed by atoms with E-state index in [9.17, 15) is 4.79 Å². The molecule has 3 N–H and O–H groups in total. The van der Waals surface area contributed by atoms with Gasteiger partial charge in [-0.2, -0.15) is 0 Å². The van der Waals surface area contributed by atoms with Crippen molar-refractivity contribution >= 4 is 52.2 Å². The number of carbonyl (C=O) groups excluding carboxylic acids is 1. The lowest BCUT2D eigenvalue weighted by Gasteiger charge is -2.11. The van der Waals surface area contributed by atoms with E-state index in [1.165, 1.54) is 11.8 Å². The predicted octanol–water partition coefficient (Wildman–Crippen LogP) is 4.61. The number of carbonyl (C=O) groups is 1. The van der Waals surface area contributed by atoms with Gasteiger partial charge in [-0.15, -0.1) is 11.8 Å². The molecule has 2 aromatic rings. The van der Waals surface area contributed by atoms with E-state index in [4.69, 9.17) is 28.9 Å². The third-order valence-corrected chi connectivity index (χ3v) is 4.57. The monoisotopic (exact) mass is 340 g/mol. The largest absolute Gasteiger partial charge is 0.399 e. The zero-order valence-corrected chi connectivity index (χ0v) is 13.6. The summed E-state index contributed by atoms with van der Waals surface area (Å²) >= 11 is 13.6. The van der Waals surface area contributed by atoms with E-state index in [-0.39, 0.29) is 11.7 Å². The van der Waals surface area contributed by atoms with Crippen molar-refractivity contribution in [3.8, 4) is 0 Å². The molecule has 0 saturated carbocycles. The average Bonchev–Trinajstić information content (AvgIpc) is 2.46. The van der Waals surface area contributed by atoms with Crippen molar-refractivity contribution in [1.29, 1.82) is 0 Å². The standard InChI is InChI=1S/C15H14Cl2N2OS/c1-9-5-6-12(16)15(14(9)17)19-13(20)8-21-11-4-2-3-10(18)7-11/h2-7H,8,18H2,1H3,(H,19,20). The Kier molecular flexibility index (Phi) is 5.39. The molecule has 21 heavy (non-hydrogen) atoms. The first-order valence-corrected chi connectivity index (χ1v) is 7.94. The highest BCUT2D eigenvalue weighted by Crippen LogP contribution is 2.33. The van der Waals surface area contributed by atoms with Crippen molar-refractivity contribution in [1.82, 2.24) is 0 Å². The summed E-state index contributed by atoms with van der Waals surface area (Å²) in [5.41, 5.74) is 7.68. The lowest BCUT2D eigenvalue weighted by atomic mass is 10.2. The summed E-state index contributed by atoms with van der Waals surface area (Å²) in [6.07, 6.45) is 0. The zero-order valence-electron chi connectivity index (χ0n) is 11.3. The molecule has 1 amide bonds. The van der Waals surface area contributed by atoms with Crippen molar-refractivity contribution < 1.29 is 4.79 Å². The fourth-order valence-electron chi connectivity index (χ4n) is 1.70. The van der Waals surface area contributed by atoms with Gasteiger partial charge in [-0.3, -0.25) is 4.79 Å². The highest BCUT2D eigenvalue weighted by atomic mass is 35.5. The molecule has 6 heteroatoms. The molecular formula is C15H14Cl2N2OS. The molecule has 0 aliphatic carbocycles. The number of nitrogens with one attached hydrogen (secondary N) is 1. The van der Waals surface area contributed by atoms with Gasteiger partial charge in [0.25, 0.3) is 0 Å². The van der Waals surface area contributed by atoms with Gasteiger partial charge in [0.2, 0.25) is 5.91 Å². The quantitative estimate of drug-likeness (QED) is 0.630. The van der Waals surface area contributed by atoms with Gasteiger partial charge in [0.05, 0.1) is 21.5 Å². The Labute approximate surface area is 137 Å². The van der Waals surface area contributed by atoms with Crippen molar-refractivity contribution in [2.45, 2.75) is 11.8 Å². The van der Waals surface area contributed by atoms with Crippen molar-refractivity contribution in [2.24, 2.45) is 0 Å². The Hall–Kier alpha value is -1.36. The van der Waals surface area contributed by atoms with Gasteiger partial charge in [-0.25, -0.2) is 0 Å². The van der Waals surface area contributed by atoms with Crippen LogP contribution in [-0.2, 0) is 4.79 Å². The van der Waals surface area contributed by atoms with Gasteiger partial charge in [-0.1, -0.05) is 35.3 Å². The third-order valence-electron chi connectivity index (χ3n) is 2.78. The molecule has 0 saturated heterocycles. The van der Waals surface area contributed by atoms with Gasteiger partial charge >= 0.3 is 0 Å². The molecule has 0 aliphatic rings. The number of hydrogen-bond donors (Lipinski definition) is 2. The molecular weight excluding hydrogens is 327 g/mol. The second kappa shape index (κ2) is 7.07. The highest BCUT2D eigenvalue weighted by molar-refractivity contribution is 8.00. The van der Waals surface area contributed by atoms with E-state index >= 15 is 0 Å². The van der Waals surface area contributed by atoms with Gasteiger partial charge in [-0.05, 0) is 36.8 Å². The van der Waals surface area contributed by atoms with Crippen LogP contribution in [0.15, 0.2) is 41.3 Å². The minimum Gasteiger partial charge on any atom is -0.399 e. The number of rotatable bonds is 4. The number of hydrogen-bond acceptors (Lipinski definition) is 3. The summed E-state index contributed by atoms with van der Waals surface area (Å²) in [6.45, 7) is 1.86. The van der Waals surface area contributed by atoms with Crippen LogP contribution in [0.5, 0.6) is 0 Å². The third kappa shape index (κ3) is 4.30. The number of nitrogens with two attached hydrogens (primary N) is 1. The Bertz CT molecular complexity index is 677. The number of aryl methyl sites for hydroxylation is 1. The lowest BCUT2D eigenvalue weighted by Crippen LogP contribution is -2.15. The Balaban J connectivity index is 2.01. The van der Waals surface area contributed by atoms with Crippen LogP contribution in [0, 0.1) is 6.92 Å². The maximum Gasteiger partial charge on any atom is 0.234 e. The zero-order chi connectivity index (χ0) is 15.4. The number of thioether (sulfide) groups is 1. The van der Waals surface area contributed by atoms with Crippen LogP contribution in [-0.4, -0.2) is 11.7 Å². The Morgan fingerprint density at radius 3 is 2.76 bits per heavy atom. The van der Waals surface area contributed by atoms with E-state index < -0.39 is 0 Å². The Morgan fingerprint density at radius 2 is 2.05 bits per heavy atom. The predicted molar refractivity (Wildman–Crippen MR) is 91.4 cm³/mol. The van der Waals surface area contributed by atoms with Crippen LogP contribution < -0.4 is 11.1 Å². The maximum absolute atomic E-state index is 12.0. The van der Waals surface area contributed by atoms with Crippen LogP contribution in [0.1, 0.15) is 5.56 Å².